The fraction of sp³-hybridized carbons (Fsp3) is 0.269. The van der Waals surface area contributed by atoms with Crippen molar-refractivity contribution in [3.63, 3.8) is 0 Å². The van der Waals surface area contributed by atoms with E-state index in [1.807, 2.05) is 39.0 Å². The molecule has 0 radical (unpaired) electrons. The number of carbonyl (C=O) groups is 1. The zero-order valence-corrected chi connectivity index (χ0v) is 17.2. The molecule has 0 amide bonds. The Hall–Kier alpha value is -2.91. The fourth-order valence-electron chi connectivity index (χ4n) is 4.12. The van der Waals surface area contributed by atoms with E-state index in [1.54, 1.807) is 0 Å². The lowest BCUT2D eigenvalue weighted by atomic mass is 9.76. The van der Waals surface area contributed by atoms with Crippen molar-refractivity contribution in [1.29, 1.82) is 0 Å². The van der Waals surface area contributed by atoms with Crippen molar-refractivity contribution in [3.05, 3.63) is 108 Å². The van der Waals surface area contributed by atoms with Gasteiger partial charge in [-0.15, -0.1) is 0 Å². The minimum atomic E-state index is -0.550. The van der Waals surface area contributed by atoms with Gasteiger partial charge >= 0.3 is 5.97 Å². The van der Waals surface area contributed by atoms with Crippen LogP contribution in [0.1, 0.15) is 37.5 Å². The van der Waals surface area contributed by atoms with Gasteiger partial charge in [0.25, 0.3) is 0 Å². The maximum Gasteiger partial charge on any atom is 0.325 e. The Bertz CT molecular complexity index is 865. The molecule has 0 bridgehead atoms. The van der Waals surface area contributed by atoms with Crippen LogP contribution >= 0.6 is 0 Å². The molecule has 0 N–H and O–H groups in total. The standard InChI is InChI=1S/C26H27NO2/c1-25(2,3)29-24(28)23-19-27(23)26(20-13-7-4-8-14-20,21-15-9-5-10-16-21)22-17-11-6-12-18-22/h4-18,23H,19H2,1-3H3. The van der Waals surface area contributed by atoms with E-state index in [4.69, 9.17) is 4.74 Å². The Balaban J connectivity index is 1.87. The van der Waals surface area contributed by atoms with Crippen LogP contribution in [0.15, 0.2) is 91.0 Å². The van der Waals surface area contributed by atoms with Gasteiger partial charge in [-0.2, -0.15) is 0 Å². The van der Waals surface area contributed by atoms with Crippen molar-refractivity contribution in [1.82, 2.24) is 4.90 Å². The molecule has 2 atom stereocenters. The predicted octanol–water partition coefficient (Wildman–Crippen LogP) is 5.00. The summed E-state index contributed by atoms with van der Waals surface area (Å²) in [5, 5.41) is 0. The van der Waals surface area contributed by atoms with Crippen LogP contribution in [-0.2, 0) is 15.1 Å². The summed E-state index contributed by atoms with van der Waals surface area (Å²) in [5.41, 5.74) is 2.38. The van der Waals surface area contributed by atoms with Crippen LogP contribution in [-0.4, -0.2) is 29.1 Å². The quantitative estimate of drug-likeness (QED) is 0.351. The third-order valence-corrected chi connectivity index (χ3v) is 5.30. The molecular weight excluding hydrogens is 358 g/mol. The first-order valence-electron chi connectivity index (χ1n) is 10.1. The van der Waals surface area contributed by atoms with E-state index in [2.05, 4.69) is 77.7 Å². The molecule has 0 spiro atoms. The molecule has 1 saturated heterocycles. The van der Waals surface area contributed by atoms with E-state index in [0.717, 1.165) is 16.7 Å². The van der Waals surface area contributed by atoms with Crippen molar-refractivity contribution in [2.24, 2.45) is 0 Å². The van der Waals surface area contributed by atoms with Crippen LogP contribution in [0, 0.1) is 0 Å². The number of carbonyl (C=O) groups excluding carboxylic acids is 1. The van der Waals surface area contributed by atoms with Gasteiger partial charge in [0.05, 0.1) is 5.54 Å². The summed E-state index contributed by atoms with van der Waals surface area (Å²) < 4.78 is 5.71. The minimum absolute atomic E-state index is 0.162. The SMILES string of the molecule is CC(C)(C)OC(=O)C1CN1C(c1ccccc1)(c1ccccc1)c1ccccc1. The van der Waals surface area contributed by atoms with Crippen LogP contribution < -0.4 is 0 Å². The molecule has 1 aliphatic heterocycles. The van der Waals surface area contributed by atoms with Crippen LogP contribution in [0.5, 0.6) is 0 Å². The molecule has 0 saturated carbocycles. The number of esters is 1. The zero-order valence-electron chi connectivity index (χ0n) is 17.2. The van der Waals surface area contributed by atoms with Crippen molar-refractivity contribution in [2.45, 2.75) is 38.0 Å². The van der Waals surface area contributed by atoms with E-state index >= 15 is 0 Å². The van der Waals surface area contributed by atoms with Gasteiger partial charge in [-0.05, 0) is 37.5 Å². The van der Waals surface area contributed by atoms with Crippen LogP contribution in [0.25, 0.3) is 0 Å². The number of nitrogens with zero attached hydrogens (tertiary/aromatic N) is 1. The molecule has 3 aromatic rings. The highest BCUT2D eigenvalue weighted by atomic mass is 16.6. The average molecular weight is 386 g/mol. The van der Waals surface area contributed by atoms with Crippen molar-refractivity contribution < 1.29 is 9.53 Å². The molecule has 3 heteroatoms. The van der Waals surface area contributed by atoms with Gasteiger partial charge in [0.2, 0.25) is 0 Å². The second kappa shape index (κ2) is 7.49. The molecule has 3 aromatic carbocycles. The Morgan fingerprint density at radius 1 is 0.759 bits per heavy atom. The molecule has 29 heavy (non-hydrogen) atoms. The lowest BCUT2D eigenvalue weighted by Crippen LogP contribution is -2.41. The lowest BCUT2D eigenvalue weighted by Gasteiger charge is -2.38. The monoisotopic (exact) mass is 385 g/mol. The molecule has 148 valence electrons. The summed E-state index contributed by atoms with van der Waals surface area (Å²) in [6.07, 6.45) is 0. The Labute approximate surface area is 172 Å². The topological polar surface area (TPSA) is 29.3 Å². The minimum Gasteiger partial charge on any atom is -0.459 e. The Morgan fingerprint density at radius 3 is 1.48 bits per heavy atom. The maximum atomic E-state index is 12.9. The molecule has 1 fully saturated rings. The first kappa shape index (κ1) is 19.4. The number of rotatable bonds is 5. The number of hydrogen-bond donors (Lipinski definition) is 0. The largest absolute Gasteiger partial charge is 0.459 e. The Morgan fingerprint density at radius 2 is 1.14 bits per heavy atom. The molecule has 0 aliphatic carbocycles. The van der Waals surface area contributed by atoms with E-state index in [0.29, 0.717) is 6.54 Å². The summed E-state index contributed by atoms with van der Waals surface area (Å²) in [7, 11) is 0. The third-order valence-electron chi connectivity index (χ3n) is 5.30. The van der Waals surface area contributed by atoms with Crippen LogP contribution in [0.4, 0.5) is 0 Å². The van der Waals surface area contributed by atoms with Gasteiger partial charge in [-0.25, -0.2) is 0 Å². The van der Waals surface area contributed by atoms with Crippen molar-refractivity contribution >= 4 is 5.97 Å². The number of hydrogen-bond acceptors (Lipinski definition) is 3. The molecule has 0 aromatic heterocycles. The van der Waals surface area contributed by atoms with Gasteiger partial charge in [0.15, 0.2) is 0 Å². The number of ether oxygens (including phenoxy) is 1. The van der Waals surface area contributed by atoms with Crippen LogP contribution in [0.2, 0.25) is 0 Å². The summed E-state index contributed by atoms with van der Waals surface area (Å²) in [6, 6.07) is 31.0. The highest BCUT2D eigenvalue weighted by molar-refractivity contribution is 5.80. The first-order chi connectivity index (χ1) is 13.9. The number of benzene rings is 3. The maximum absolute atomic E-state index is 12.9. The summed E-state index contributed by atoms with van der Waals surface area (Å²) in [4.78, 5) is 15.2. The third kappa shape index (κ3) is 3.70. The van der Waals surface area contributed by atoms with Gasteiger partial charge in [0.1, 0.15) is 11.6 Å². The molecule has 3 nitrogen and oxygen atoms in total. The zero-order chi connectivity index (χ0) is 20.5. The van der Waals surface area contributed by atoms with Crippen LogP contribution in [0.3, 0.4) is 0 Å². The van der Waals surface area contributed by atoms with Crippen molar-refractivity contribution in [3.8, 4) is 0 Å². The summed E-state index contributed by atoms with van der Waals surface area (Å²) in [6.45, 7) is 6.40. The smallest absolute Gasteiger partial charge is 0.325 e. The van der Waals surface area contributed by atoms with Gasteiger partial charge in [-0.3, -0.25) is 9.69 Å². The Kier molecular flexibility index (Phi) is 5.01. The molecule has 1 aliphatic rings. The molecule has 2 unspecified atom stereocenters. The lowest BCUT2D eigenvalue weighted by molar-refractivity contribution is -0.155. The highest BCUT2D eigenvalue weighted by Gasteiger charge is 2.57. The van der Waals surface area contributed by atoms with Crippen molar-refractivity contribution in [2.75, 3.05) is 6.54 Å². The van der Waals surface area contributed by atoms with Gasteiger partial charge < -0.3 is 4.74 Å². The highest BCUT2D eigenvalue weighted by Crippen LogP contribution is 2.48. The molecular formula is C26H27NO2. The predicted molar refractivity (Wildman–Crippen MR) is 116 cm³/mol. The first-order valence-corrected chi connectivity index (χ1v) is 10.1. The normalized spacial score (nSPS) is 18.9. The molecule has 4 rings (SSSR count). The second-order valence-electron chi connectivity index (χ2n) is 8.51. The van der Waals surface area contributed by atoms with E-state index in [9.17, 15) is 4.79 Å². The molecule has 1 heterocycles. The van der Waals surface area contributed by atoms with Gasteiger partial charge in [-0.1, -0.05) is 91.0 Å². The van der Waals surface area contributed by atoms with E-state index in [1.165, 1.54) is 0 Å². The van der Waals surface area contributed by atoms with E-state index in [-0.39, 0.29) is 12.0 Å². The summed E-state index contributed by atoms with van der Waals surface area (Å²) >= 11 is 0. The summed E-state index contributed by atoms with van der Waals surface area (Å²) in [5.74, 6) is -0.162. The second-order valence-corrected chi connectivity index (χ2v) is 8.51. The fourth-order valence-corrected chi connectivity index (χ4v) is 4.12. The van der Waals surface area contributed by atoms with E-state index < -0.39 is 11.1 Å². The van der Waals surface area contributed by atoms with Gasteiger partial charge in [0, 0.05) is 6.54 Å². The average Bonchev–Trinajstić information content (AvgIpc) is 3.51.